The molecule has 3 aromatic rings. The zero-order valence-corrected chi connectivity index (χ0v) is 21.0. The number of aromatic amines is 1. The van der Waals surface area contributed by atoms with Crippen LogP contribution in [0.5, 0.6) is 0 Å². The molecule has 2 aromatic carbocycles. The van der Waals surface area contributed by atoms with Crippen molar-refractivity contribution in [2.75, 3.05) is 18.5 Å². The second kappa shape index (κ2) is 9.03. The van der Waals surface area contributed by atoms with Crippen molar-refractivity contribution in [1.82, 2.24) is 14.6 Å². The van der Waals surface area contributed by atoms with E-state index in [1.54, 1.807) is 30.5 Å². The summed E-state index contributed by atoms with van der Waals surface area (Å²) in [4.78, 5) is 29.8. The molecule has 13 heteroatoms. The number of anilines is 1. The minimum atomic E-state index is -4.96. The number of carbonyl (C=O) groups is 2. The fourth-order valence-corrected chi connectivity index (χ4v) is 6.50. The van der Waals surface area contributed by atoms with Crippen LogP contribution in [0.3, 0.4) is 0 Å². The lowest BCUT2D eigenvalue weighted by Gasteiger charge is -2.26. The lowest BCUT2D eigenvalue weighted by Crippen LogP contribution is -2.41. The predicted molar refractivity (Wildman–Crippen MR) is 131 cm³/mol. The first-order valence-electron chi connectivity index (χ1n) is 11.4. The second-order valence-electron chi connectivity index (χ2n) is 9.15. The molecule has 2 heterocycles. The van der Waals surface area contributed by atoms with Crippen molar-refractivity contribution in [2.24, 2.45) is 0 Å². The summed E-state index contributed by atoms with van der Waals surface area (Å²) in [5, 5.41) is 1.14. The molecule has 1 saturated heterocycles. The van der Waals surface area contributed by atoms with Crippen molar-refractivity contribution in [1.29, 1.82) is 0 Å². The maximum absolute atomic E-state index is 13.1. The number of H-pyrrole nitrogens is 1. The predicted octanol–water partition coefficient (Wildman–Crippen LogP) is 3.91. The quantitative estimate of drug-likeness (QED) is 0.499. The molecule has 37 heavy (non-hydrogen) atoms. The Labute approximate surface area is 215 Å². The third-order valence-electron chi connectivity index (χ3n) is 6.93. The largest absolute Gasteiger partial charge is 0.471 e. The molecule has 2 N–H and O–H groups in total. The summed E-state index contributed by atoms with van der Waals surface area (Å²) in [7, 11) is -2.87. The van der Waals surface area contributed by atoms with Crippen LogP contribution in [0.4, 0.5) is 18.9 Å². The van der Waals surface area contributed by atoms with Gasteiger partial charge in [-0.05, 0) is 60.7 Å². The summed E-state index contributed by atoms with van der Waals surface area (Å²) >= 11 is 6.05. The van der Waals surface area contributed by atoms with E-state index >= 15 is 0 Å². The Morgan fingerprint density at radius 3 is 2.68 bits per heavy atom. The maximum atomic E-state index is 13.1. The van der Waals surface area contributed by atoms with Gasteiger partial charge in [-0.3, -0.25) is 9.59 Å². The molecule has 8 nitrogen and oxygen atoms in total. The van der Waals surface area contributed by atoms with E-state index in [1.807, 2.05) is 0 Å². The van der Waals surface area contributed by atoms with Gasteiger partial charge in [-0.2, -0.15) is 17.9 Å². The Hall–Kier alpha value is -3.09. The van der Waals surface area contributed by atoms with Gasteiger partial charge in [0.1, 0.15) is 6.04 Å². The summed E-state index contributed by atoms with van der Waals surface area (Å²) in [6, 6.07) is 7.73. The third kappa shape index (κ3) is 4.57. The van der Waals surface area contributed by atoms with E-state index in [0.29, 0.717) is 44.9 Å². The van der Waals surface area contributed by atoms with Gasteiger partial charge in [-0.1, -0.05) is 17.7 Å². The maximum Gasteiger partial charge on any atom is 0.471 e. The lowest BCUT2D eigenvalue weighted by molar-refractivity contribution is -0.186. The van der Waals surface area contributed by atoms with Gasteiger partial charge in [-0.25, -0.2) is 8.42 Å². The molecule has 2 aliphatic rings. The first-order valence-corrected chi connectivity index (χ1v) is 13.3. The number of rotatable bonds is 5. The van der Waals surface area contributed by atoms with Crippen molar-refractivity contribution in [3.05, 3.63) is 58.7 Å². The summed E-state index contributed by atoms with van der Waals surface area (Å²) in [6.45, 7) is 0.270. The Balaban J connectivity index is 1.31. The number of aryl methyl sites for hydroxylation is 1. The Kier molecular flexibility index (Phi) is 6.24. The van der Waals surface area contributed by atoms with Crippen molar-refractivity contribution in [2.45, 2.75) is 42.4 Å². The number of carbonyl (C=O) groups excluding carboxylic acids is 2. The normalized spacial score (nSPS) is 20.0. The van der Waals surface area contributed by atoms with Crippen LogP contribution in [-0.2, 0) is 26.0 Å². The van der Waals surface area contributed by atoms with Crippen LogP contribution in [-0.4, -0.2) is 55.9 Å². The Morgan fingerprint density at radius 1 is 1.19 bits per heavy atom. The van der Waals surface area contributed by atoms with Crippen molar-refractivity contribution < 1.29 is 31.2 Å². The summed E-state index contributed by atoms with van der Waals surface area (Å²) in [5.74, 6) is -2.33. The molecule has 2 atom stereocenters. The number of benzene rings is 2. The van der Waals surface area contributed by atoms with Crippen molar-refractivity contribution in [3.63, 3.8) is 0 Å². The Morgan fingerprint density at radius 2 is 1.95 bits per heavy atom. The molecule has 0 bridgehead atoms. The van der Waals surface area contributed by atoms with Gasteiger partial charge in [0.25, 0.3) is 0 Å². The van der Waals surface area contributed by atoms with E-state index in [1.165, 1.54) is 17.0 Å². The number of aromatic nitrogens is 1. The van der Waals surface area contributed by atoms with Gasteiger partial charge in [0.15, 0.2) is 0 Å². The molecule has 0 spiro atoms. The highest BCUT2D eigenvalue weighted by molar-refractivity contribution is 7.89. The molecule has 196 valence electrons. The van der Waals surface area contributed by atoms with Gasteiger partial charge in [0, 0.05) is 36.4 Å². The molecule has 1 aliphatic heterocycles. The number of sulfonamides is 1. The van der Waals surface area contributed by atoms with E-state index in [0.717, 1.165) is 12.6 Å². The van der Waals surface area contributed by atoms with Crippen LogP contribution in [0, 0.1) is 0 Å². The molecule has 1 fully saturated rings. The molecule has 1 aliphatic carbocycles. The fourth-order valence-electron chi connectivity index (χ4n) is 5.03. The van der Waals surface area contributed by atoms with Crippen LogP contribution in [0.25, 0.3) is 10.9 Å². The average Bonchev–Trinajstić information content (AvgIpc) is 3.54. The lowest BCUT2D eigenvalue weighted by atomic mass is 10.1. The number of alkyl halides is 3. The highest BCUT2D eigenvalue weighted by atomic mass is 35.5. The van der Waals surface area contributed by atoms with Crippen LogP contribution >= 0.6 is 11.6 Å². The van der Waals surface area contributed by atoms with Crippen LogP contribution < -0.4 is 9.62 Å². The van der Waals surface area contributed by atoms with Crippen LogP contribution in [0.15, 0.2) is 47.5 Å². The summed E-state index contributed by atoms with van der Waals surface area (Å²) in [5.41, 5.74) is 2.43. The molecule has 1 aromatic heterocycles. The molecule has 0 saturated carbocycles. The smallest absolute Gasteiger partial charge is 0.360 e. The molecule has 0 radical (unpaired) electrons. The first-order chi connectivity index (χ1) is 17.4. The second-order valence-corrected chi connectivity index (χ2v) is 11.3. The van der Waals surface area contributed by atoms with Crippen LogP contribution in [0.1, 0.15) is 30.0 Å². The SMILES string of the molecule is CN(C(=O)C(F)(F)F)C1CCc2cc(N3CC[C@H](NS(=O)(=O)c4ccc5c(Cl)c[nH]c5c4)C3=O)ccc21. The van der Waals surface area contributed by atoms with E-state index in [9.17, 15) is 31.2 Å². The number of nitrogens with one attached hydrogen (secondary N) is 2. The monoisotopic (exact) mass is 554 g/mol. The summed E-state index contributed by atoms with van der Waals surface area (Å²) < 4.78 is 67.1. The van der Waals surface area contributed by atoms with Crippen LogP contribution in [0.2, 0.25) is 5.02 Å². The number of hydrogen-bond acceptors (Lipinski definition) is 4. The van der Waals surface area contributed by atoms with Gasteiger partial charge in [0.05, 0.1) is 16.0 Å². The molecular weight excluding hydrogens is 533 g/mol. The minimum absolute atomic E-state index is 0.00846. The van der Waals surface area contributed by atoms with E-state index in [2.05, 4.69) is 9.71 Å². The molecule has 1 unspecified atom stereocenters. The number of fused-ring (bicyclic) bond motifs is 2. The highest BCUT2D eigenvalue weighted by Gasteiger charge is 2.44. The molecular formula is C24H22ClF3N4O4S. The van der Waals surface area contributed by atoms with E-state index in [-0.39, 0.29) is 17.9 Å². The van der Waals surface area contributed by atoms with E-state index < -0.39 is 40.1 Å². The van der Waals surface area contributed by atoms with Crippen molar-refractivity contribution >= 4 is 50.0 Å². The van der Waals surface area contributed by atoms with E-state index in [4.69, 9.17) is 11.6 Å². The number of nitrogens with zero attached hydrogens (tertiary/aromatic N) is 2. The topological polar surface area (TPSA) is 103 Å². The third-order valence-corrected chi connectivity index (χ3v) is 8.71. The summed E-state index contributed by atoms with van der Waals surface area (Å²) in [6.07, 6.45) is -2.37. The Bertz CT molecular complexity index is 1520. The number of halogens is 4. The van der Waals surface area contributed by atoms with Gasteiger partial charge in [-0.15, -0.1) is 0 Å². The van der Waals surface area contributed by atoms with Crippen molar-refractivity contribution in [3.8, 4) is 0 Å². The van der Waals surface area contributed by atoms with Gasteiger partial charge < -0.3 is 14.8 Å². The van der Waals surface area contributed by atoms with Gasteiger partial charge >= 0.3 is 12.1 Å². The average molecular weight is 555 g/mol. The molecule has 5 rings (SSSR count). The zero-order chi connectivity index (χ0) is 26.7. The molecule has 2 amide bonds. The number of hydrogen-bond donors (Lipinski definition) is 2. The fraction of sp³-hybridized carbons (Fsp3) is 0.333. The standard InChI is InChI=1S/C24H22ClF3N4O4S/c1-31(23(34)24(26,27)28)21-7-2-13-10-14(3-5-16(13)21)32-9-8-19(22(32)33)30-37(35,36)15-4-6-17-18(25)12-29-20(17)11-15/h3-6,10-12,19,21,29-30H,2,7-9H2,1H3/t19-,21?/m0/s1. The zero-order valence-electron chi connectivity index (χ0n) is 19.5. The van der Waals surface area contributed by atoms with Gasteiger partial charge in [0.2, 0.25) is 15.9 Å². The number of amides is 2. The first kappa shape index (κ1) is 25.6. The minimum Gasteiger partial charge on any atom is -0.360 e. The highest BCUT2D eigenvalue weighted by Crippen LogP contribution is 2.39.